The lowest BCUT2D eigenvalue weighted by molar-refractivity contribution is -0.113. The van der Waals surface area contributed by atoms with E-state index in [1.165, 1.54) is 0 Å². The maximum atomic E-state index is 13.2. The summed E-state index contributed by atoms with van der Waals surface area (Å²) in [4.78, 5) is 13.3. The summed E-state index contributed by atoms with van der Waals surface area (Å²) in [7, 11) is 0. The second-order valence-electron chi connectivity index (χ2n) is 3.06. The highest BCUT2D eigenvalue weighted by Crippen LogP contribution is 2.17. The molecule has 0 aliphatic heterocycles. The van der Waals surface area contributed by atoms with Crippen LogP contribution in [0, 0.1) is 17.5 Å². The zero-order chi connectivity index (χ0) is 13.0. The molecule has 4 nitrogen and oxygen atoms in total. The smallest absolute Gasteiger partial charge is 0.162 e. The van der Waals surface area contributed by atoms with Gasteiger partial charge in [-0.3, -0.25) is 4.79 Å². The molecule has 0 unspecified atom stereocenters. The number of azide groups is 1. The van der Waals surface area contributed by atoms with Gasteiger partial charge in [-0.2, -0.15) is 0 Å². The van der Waals surface area contributed by atoms with E-state index in [1.807, 2.05) is 0 Å². The van der Waals surface area contributed by atoms with E-state index in [1.54, 1.807) is 0 Å². The number of Topliss-reactive ketones (excluding diaryl/α,β-unsaturated/α-hetero) is 1. The minimum absolute atomic E-state index is 0.342. The summed E-state index contributed by atoms with van der Waals surface area (Å²) in [6, 6.07) is 0.912. The van der Waals surface area contributed by atoms with Crippen LogP contribution in [0.2, 0.25) is 0 Å². The van der Waals surface area contributed by atoms with Gasteiger partial charge in [0.25, 0.3) is 0 Å². The lowest BCUT2D eigenvalue weighted by atomic mass is 10.1. The van der Waals surface area contributed by atoms with Crippen LogP contribution in [0.1, 0.15) is 12.5 Å². The molecule has 0 heterocycles. The van der Waals surface area contributed by atoms with Gasteiger partial charge in [0.15, 0.2) is 17.4 Å². The molecule has 0 spiro atoms. The Morgan fingerprint density at radius 1 is 1.29 bits per heavy atom. The first kappa shape index (κ1) is 12.8. The van der Waals surface area contributed by atoms with Crippen LogP contribution >= 0.6 is 0 Å². The minimum atomic E-state index is -1.34. The Labute approximate surface area is 94.0 Å². The van der Waals surface area contributed by atoms with E-state index in [4.69, 9.17) is 5.53 Å². The normalized spacial score (nSPS) is 10.9. The molecule has 0 aromatic heterocycles. The predicted molar refractivity (Wildman–Crippen MR) is 54.1 cm³/mol. The summed E-state index contributed by atoms with van der Waals surface area (Å²) < 4.78 is 38.7. The van der Waals surface area contributed by atoms with Crippen LogP contribution in [0.25, 0.3) is 16.5 Å². The lowest BCUT2D eigenvalue weighted by Crippen LogP contribution is -1.95. The van der Waals surface area contributed by atoms with E-state index in [0.29, 0.717) is 12.1 Å². The van der Waals surface area contributed by atoms with Crippen LogP contribution < -0.4 is 0 Å². The summed E-state index contributed by atoms with van der Waals surface area (Å²) in [6.07, 6.45) is 0.847. The molecule has 0 amide bonds. The quantitative estimate of drug-likeness (QED) is 0.263. The maximum absolute atomic E-state index is 13.2. The number of hydrogen-bond acceptors (Lipinski definition) is 2. The Morgan fingerprint density at radius 2 is 1.88 bits per heavy atom. The van der Waals surface area contributed by atoms with Crippen molar-refractivity contribution < 1.29 is 18.0 Å². The van der Waals surface area contributed by atoms with E-state index in [0.717, 1.165) is 13.0 Å². The average Bonchev–Trinajstić information content (AvgIpc) is 2.24. The molecule has 1 aromatic rings. The number of carbonyl (C=O) groups is 1. The fourth-order valence-corrected chi connectivity index (χ4v) is 1.04. The molecule has 0 fully saturated rings. The highest BCUT2D eigenvalue weighted by molar-refractivity contribution is 5.97. The number of halogens is 3. The van der Waals surface area contributed by atoms with E-state index < -0.39 is 28.9 Å². The largest absolute Gasteiger partial charge is 0.295 e. The van der Waals surface area contributed by atoms with Crippen LogP contribution in [0.15, 0.2) is 22.9 Å². The topological polar surface area (TPSA) is 65.8 Å². The van der Waals surface area contributed by atoms with Gasteiger partial charge in [-0.1, -0.05) is 5.11 Å². The third kappa shape index (κ3) is 3.09. The third-order valence-electron chi connectivity index (χ3n) is 1.84. The van der Waals surface area contributed by atoms with Crippen LogP contribution in [-0.2, 0) is 4.79 Å². The molecular weight excluding hydrogens is 235 g/mol. The van der Waals surface area contributed by atoms with Crippen molar-refractivity contribution >= 4 is 11.9 Å². The molecule has 0 saturated carbocycles. The van der Waals surface area contributed by atoms with E-state index >= 15 is 0 Å². The second kappa shape index (κ2) is 5.18. The molecule has 0 saturated heterocycles. The molecule has 88 valence electrons. The van der Waals surface area contributed by atoms with Crippen molar-refractivity contribution in [2.45, 2.75) is 6.92 Å². The molecular formula is C10H6F3N3O. The lowest BCUT2D eigenvalue weighted by Gasteiger charge is -2.00. The van der Waals surface area contributed by atoms with Gasteiger partial charge in [-0.25, -0.2) is 13.2 Å². The van der Waals surface area contributed by atoms with Gasteiger partial charge < -0.3 is 0 Å². The average molecular weight is 241 g/mol. The Morgan fingerprint density at radius 3 is 2.41 bits per heavy atom. The van der Waals surface area contributed by atoms with Crippen molar-refractivity contribution in [1.29, 1.82) is 0 Å². The molecule has 0 atom stereocenters. The molecule has 1 aromatic carbocycles. The number of hydrogen-bond donors (Lipinski definition) is 0. The number of benzene rings is 1. The molecule has 17 heavy (non-hydrogen) atoms. The number of allylic oxidation sites excluding steroid dienone is 1. The van der Waals surface area contributed by atoms with Crippen molar-refractivity contribution in [2.24, 2.45) is 5.11 Å². The summed E-state index contributed by atoms with van der Waals surface area (Å²) in [5.74, 6) is -4.28. The first-order valence-electron chi connectivity index (χ1n) is 4.38. The second-order valence-corrected chi connectivity index (χ2v) is 3.06. The van der Waals surface area contributed by atoms with Crippen molar-refractivity contribution in [2.75, 3.05) is 0 Å². The fraction of sp³-hybridized carbons (Fsp3) is 0.100. The van der Waals surface area contributed by atoms with Crippen LogP contribution in [0.4, 0.5) is 13.2 Å². The van der Waals surface area contributed by atoms with Gasteiger partial charge in [-0.15, -0.1) is 0 Å². The highest BCUT2D eigenvalue weighted by Gasteiger charge is 2.10. The molecule has 1 rings (SSSR count). The van der Waals surface area contributed by atoms with Crippen LogP contribution in [-0.4, -0.2) is 5.78 Å². The number of rotatable bonds is 3. The van der Waals surface area contributed by atoms with Gasteiger partial charge in [0.2, 0.25) is 0 Å². The molecule has 0 bridgehead atoms. The number of nitrogens with zero attached hydrogens (tertiary/aromatic N) is 3. The van der Waals surface area contributed by atoms with E-state index in [2.05, 4.69) is 10.0 Å². The minimum Gasteiger partial charge on any atom is -0.295 e. The monoisotopic (exact) mass is 241 g/mol. The van der Waals surface area contributed by atoms with Gasteiger partial charge in [0.05, 0.1) is 5.70 Å². The SMILES string of the molecule is CC(=O)/C(=C/c1cc(F)c(F)cc1F)N=[N+]=[N-]. The van der Waals surface area contributed by atoms with E-state index in [9.17, 15) is 18.0 Å². The van der Waals surface area contributed by atoms with Crippen molar-refractivity contribution in [3.63, 3.8) is 0 Å². The molecule has 7 heteroatoms. The van der Waals surface area contributed by atoms with Crippen LogP contribution in [0.3, 0.4) is 0 Å². The first-order valence-corrected chi connectivity index (χ1v) is 4.38. The van der Waals surface area contributed by atoms with Gasteiger partial charge in [0, 0.05) is 16.5 Å². The summed E-state index contributed by atoms with van der Waals surface area (Å²) in [5.41, 5.74) is 7.40. The van der Waals surface area contributed by atoms with Gasteiger partial charge in [0.1, 0.15) is 5.82 Å². The third-order valence-corrected chi connectivity index (χ3v) is 1.84. The predicted octanol–water partition coefficient (Wildman–Crippen LogP) is 3.34. The van der Waals surface area contributed by atoms with Crippen molar-refractivity contribution in [3.8, 4) is 0 Å². The first-order chi connectivity index (χ1) is 7.95. The summed E-state index contributed by atoms with van der Waals surface area (Å²) >= 11 is 0. The fourth-order valence-electron chi connectivity index (χ4n) is 1.04. The van der Waals surface area contributed by atoms with Gasteiger partial charge in [-0.05, 0) is 24.6 Å². The standard InChI is InChI=1S/C10H6F3N3O/c1-5(17)10(15-16-14)3-6-2-8(12)9(13)4-7(6)11/h2-4H,1H3/b10-3-. The number of ketones is 1. The number of carbonyl (C=O) groups excluding carboxylic acids is 1. The van der Waals surface area contributed by atoms with E-state index in [-0.39, 0.29) is 5.56 Å². The summed E-state index contributed by atoms with van der Waals surface area (Å²) in [6.45, 7) is 1.10. The van der Waals surface area contributed by atoms with Crippen molar-refractivity contribution in [1.82, 2.24) is 0 Å². The molecule has 0 radical (unpaired) electrons. The highest BCUT2D eigenvalue weighted by atomic mass is 19.2. The van der Waals surface area contributed by atoms with Crippen molar-refractivity contribution in [3.05, 3.63) is 51.3 Å². The Bertz CT molecular complexity index is 544. The molecule has 0 aliphatic carbocycles. The van der Waals surface area contributed by atoms with Crippen LogP contribution in [0.5, 0.6) is 0 Å². The molecule has 0 N–H and O–H groups in total. The maximum Gasteiger partial charge on any atom is 0.162 e. The molecule has 0 aliphatic rings. The zero-order valence-corrected chi connectivity index (χ0v) is 8.62. The Kier molecular flexibility index (Phi) is 3.90. The Hall–Kier alpha value is -2.27. The Balaban J connectivity index is 3.34. The zero-order valence-electron chi connectivity index (χ0n) is 8.62. The van der Waals surface area contributed by atoms with Gasteiger partial charge >= 0.3 is 0 Å². The summed E-state index contributed by atoms with van der Waals surface area (Å²) in [5, 5.41) is 3.02.